The van der Waals surface area contributed by atoms with Crippen LogP contribution in [-0.2, 0) is 45.5 Å². The molecule has 8 nitrogen and oxygen atoms in total. The van der Waals surface area contributed by atoms with Crippen LogP contribution in [0.4, 0.5) is 0 Å². The first kappa shape index (κ1) is 28.0. The molecule has 9 heteroatoms. The maximum Gasteiger partial charge on any atom is 2.00 e. The normalized spacial score (nSPS) is 9.91. The summed E-state index contributed by atoms with van der Waals surface area (Å²) >= 11 is 0. The van der Waals surface area contributed by atoms with Crippen molar-refractivity contribution < 1.29 is 55.7 Å². The number of ether oxygens (including phenoxy) is 6. The van der Waals surface area contributed by atoms with E-state index in [1.165, 1.54) is 0 Å². The molecular formula is C14H30CuO8. The molecule has 0 N–H and O–H groups in total. The second kappa shape index (κ2) is 30.1. The molecule has 0 amide bonds. The monoisotopic (exact) mass is 389 g/mol. The zero-order valence-electron chi connectivity index (χ0n) is 14.1. The second-order valence-corrected chi connectivity index (χ2v) is 3.84. The average molecular weight is 390 g/mol. The van der Waals surface area contributed by atoms with Crippen LogP contribution in [0.15, 0.2) is 0 Å². The van der Waals surface area contributed by atoms with Crippen molar-refractivity contribution in [3.8, 4) is 0 Å². The van der Waals surface area contributed by atoms with Gasteiger partial charge in [-0.3, -0.25) is 0 Å². The molecular weight excluding hydrogens is 360 g/mol. The van der Waals surface area contributed by atoms with Gasteiger partial charge in [-0.25, -0.2) is 0 Å². The first-order valence-electron chi connectivity index (χ1n) is 7.28. The number of hydrogen-bond donors (Lipinski definition) is 0. The summed E-state index contributed by atoms with van der Waals surface area (Å²) < 4.78 is 29.4. The SMILES string of the molecule is COCCOCCOCC[O-].COCCOCCOCC[O-].[Cu+2]. The Hall–Kier alpha value is 0.199. The van der Waals surface area contributed by atoms with Gasteiger partial charge in [0, 0.05) is 27.4 Å². The van der Waals surface area contributed by atoms with Gasteiger partial charge < -0.3 is 38.6 Å². The van der Waals surface area contributed by atoms with E-state index in [-0.39, 0.29) is 43.5 Å². The van der Waals surface area contributed by atoms with Crippen LogP contribution >= 0.6 is 0 Å². The Morgan fingerprint density at radius 1 is 0.478 bits per heavy atom. The molecule has 1 radical (unpaired) electrons. The van der Waals surface area contributed by atoms with Crippen molar-refractivity contribution in [2.45, 2.75) is 0 Å². The molecule has 0 aliphatic carbocycles. The van der Waals surface area contributed by atoms with Crippen molar-refractivity contribution in [2.75, 3.05) is 93.5 Å². The Balaban J connectivity index is -0.000000333. The van der Waals surface area contributed by atoms with Gasteiger partial charge in [0.2, 0.25) is 0 Å². The molecule has 0 aromatic rings. The maximum absolute atomic E-state index is 9.88. The summed E-state index contributed by atoms with van der Waals surface area (Å²) in [5.41, 5.74) is 0. The first-order valence-corrected chi connectivity index (χ1v) is 7.28. The molecule has 0 fully saturated rings. The quantitative estimate of drug-likeness (QED) is 0.222. The third-order valence-electron chi connectivity index (χ3n) is 2.06. The fourth-order valence-corrected chi connectivity index (χ4v) is 1.05. The summed E-state index contributed by atoms with van der Waals surface area (Å²) in [6.45, 7) is 4.58. The third kappa shape index (κ3) is 34.5. The van der Waals surface area contributed by atoms with E-state index >= 15 is 0 Å². The van der Waals surface area contributed by atoms with E-state index in [0.29, 0.717) is 52.9 Å². The predicted molar refractivity (Wildman–Crippen MR) is 76.8 cm³/mol. The van der Waals surface area contributed by atoms with E-state index in [1.54, 1.807) is 14.2 Å². The molecule has 0 saturated heterocycles. The molecule has 0 heterocycles. The molecule has 0 atom stereocenters. The standard InChI is InChI=1S/2C7H15O4.Cu/c2*1-9-4-5-11-7-6-10-3-2-8;/h2*2-7H2,1H3;/q2*-1;+2. The van der Waals surface area contributed by atoms with Crippen LogP contribution in [0.3, 0.4) is 0 Å². The van der Waals surface area contributed by atoms with Crippen LogP contribution < -0.4 is 10.2 Å². The Labute approximate surface area is 149 Å². The molecule has 0 rings (SSSR count). The van der Waals surface area contributed by atoms with Gasteiger partial charge in [-0.1, -0.05) is 0 Å². The zero-order chi connectivity index (χ0) is 16.7. The minimum absolute atomic E-state index is 0. The fourth-order valence-electron chi connectivity index (χ4n) is 1.05. The minimum Gasteiger partial charge on any atom is -0.853 e. The summed E-state index contributed by atoms with van der Waals surface area (Å²) in [7, 11) is 3.24. The summed E-state index contributed by atoms with van der Waals surface area (Å²) in [5, 5.41) is 19.8. The fraction of sp³-hybridized carbons (Fsp3) is 1.00. The van der Waals surface area contributed by atoms with Gasteiger partial charge in [0.1, 0.15) is 0 Å². The number of methoxy groups -OCH3 is 2. The van der Waals surface area contributed by atoms with E-state index in [2.05, 4.69) is 0 Å². The van der Waals surface area contributed by atoms with Gasteiger partial charge in [-0.2, -0.15) is 0 Å². The molecule has 0 saturated carbocycles. The van der Waals surface area contributed by atoms with Gasteiger partial charge in [-0.15, -0.1) is 13.2 Å². The summed E-state index contributed by atoms with van der Waals surface area (Å²) in [6, 6.07) is 0. The largest absolute Gasteiger partial charge is 2.00 e. The summed E-state index contributed by atoms with van der Waals surface area (Å²) in [4.78, 5) is 0. The molecule has 0 spiro atoms. The third-order valence-corrected chi connectivity index (χ3v) is 2.06. The molecule has 145 valence electrons. The van der Waals surface area contributed by atoms with Crippen molar-refractivity contribution in [1.29, 1.82) is 0 Å². The van der Waals surface area contributed by atoms with Crippen molar-refractivity contribution >= 4 is 0 Å². The van der Waals surface area contributed by atoms with Crippen LogP contribution in [0, 0.1) is 0 Å². The minimum atomic E-state index is -0.182. The summed E-state index contributed by atoms with van der Waals surface area (Å²) in [6.07, 6.45) is 0. The molecule has 0 unspecified atom stereocenters. The Morgan fingerprint density at radius 3 is 1.00 bits per heavy atom. The topological polar surface area (TPSA) is 102 Å². The van der Waals surface area contributed by atoms with Crippen LogP contribution in [0.1, 0.15) is 0 Å². The molecule has 23 heavy (non-hydrogen) atoms. The molecule has 0 aromatic heterocycles. The van der Waals surface area contributed by atoms with Crippen molar-refractivity contribution in [1.82, 2.24) is 0 Å². The van der Waals surface area contributed by atoms with Gasteiger partial charge in [0.05, 0.1) is 52.9 Å². The van der Waals surface area contributed by atoms with Crippen LogP contribution in [0.5, 0.6) is 0 Å². The Morgan fingerprint density at radius 2 is 0.739 bits per heavy atom. The van der Waals surface area contributed by atoms with Crippen molar-refractivity contribution in [3.63, 3.8) is 0 Å². The van der Waals surface area contributed by atoms with Crippen molar-refractivity contribution in [3.05, 3.63) is 0 Å². The molecule has 0 aromatic carbocycles. The predicted octanol–water partition coefficient (Wildman–Crippen LogP) is -1.95. The first-order chi connectivity index (χ1) is 10.8. The maximum atomic E-state index is 9.88. The van der Waals surface area contributed by atoms with Crippen LogP contribution in [0.2, 0.25) is 0 Å². The van der Waals surface area contributed by atoms with Gasteiger partial charge in [0.15, 0.2) is 0 Å². The zero-order valence-corrected chi connectivity index (χ0v) is 15.0. The van der Waals surface area contributed by atoms with E-state index < -0.39 is 0 Å². The van der Waals surface area contributed by atoms with Crippen molar-refractivity contribution in [2.24, 2.45) is 0 Å². The van der Waals surface area contributed by atoms with Gasteiger partial charge in [-0.05, 0) is 0 Å². The summed E-state index contributed by atoms with van der Waals surface area (Å²) in [5.74, 6) is 0. The average Bonchev–Trinajstić information content (AvgIpc) is 2.54. The van der Waals surface area contributed by atoms with Crippen LogP contribution in [0.25, 0.3) is 0 Å². The second-order valence-electron chi connectivity index (χ2n) is 3.84. The Bertz CT molecular complexity index is 143. The molecule has 0 aliphatic heterocycles. The van der Waals surface area contributed by atoms with E-state index in [9.17, 15) is 10.2 Å². The smallest absolute Gasteiger partial charge is 0.853 e. The Kier molecular flexibility index (Phi) is 36.7. The number of rotatable bonds is 16. The van der Waals surface area contributed by atoms with E-state index in [0.717, 1.165) is 0 Å². The molecule has 0 aliphatic rings. The van der Waals surface area contributed by atoms with Gasteiger partial charge >= 0.3 is 17.1 Å². The van der Waals surface area contributed by atoms with E-state index in [1.807, 2.05) is 0 Å². The molecule has 0 bridgehead atoms. The van der Waals surface area contributed by atoms with Crippen LogP contribution in [-0.4, -0.2) is 93.5 Å². The number of hydrogen-bond acceptors (Lipinski definition) is 8. The van der Waals surface area contributed by atoms with Gasteiger partial charge in [0.25, 0.3) is 0 Å². The van der Waals surface area contributed by atoms with E-state index in [4.69, 9.17) is 28.4 Å².